The molecule has 0 bridgehead atoms. The largest absolute Gasteiger partial charge is 0.335 e. The van der Waals surface area contributed by atoms with E-state index in [-0.39, 0.29) is 5.91 Å². The molecule has 4 heteroatoms. The van der Waals surface area contributed by atoms with Crippen LogP contribution in [-0.4, -0.2) is 41.9 Å². The Morgan fingerprint density at radius 1 is 0.808 bits per heavy atom. The Bertz CT molecular complexity index is 836. The van der Waals surface area contributed by atoms with Gasteiger partial charge in [0.1, 0.15) is 0 Å². The minimum atomic E-state index is 0.173. The number of thiophene rings is 1. The first-order valence-corrected chi connectivity index (χ1v) is 9.87. The van der Waals surface area contributed by atoms with Crippen LogP contribution >= 0.6 is 11.3 Å². The zero-order chi connectivity index (χ0) is 17.8. The highest BCUT2D eigenvalue weighted by Crippen LogP contribution is 2.20. The monoisotopic (exact) mass is 362 g/mol. The standard InChI is InChI=1S/C22H22N2OS/c25-22(21-7-4-16-26-21)24-14-12-23(13-15-24)17-18-8-10-20(11-9-18)19-5-2-1-3-6-19/h1-11,16H,12-15,17H2. The van der Waals surface area contributed by atoms with Gasteiger partial charge in [-0.2, -0.15) is 0 Å². The van der Waals surface area contributed by atoms with Crippen molar-refractivity contribution < 1.29 is 4.79 Å². The molecule has 0 aliphatic carbocycles. The molecule has 0 spiro atoms. The van der Waals surface area contributed by atoms with Gasteiger partial charge in [0.15, 0.2) is 0 Å². The fourth-order valence-electron chi connectivity index (χ4n) is 3.36. The number of piperazine rings is 1. The quantitative estimate of drug-likeness (QED) is 0.688. The lowest BCUT2D eigenvalue weighted by Crippen LogP contribution is -2.48. The van der Waals surface area contributed by atoms with Gasteiger partial charge in [0.2, 0.25) is 0 Å². The van der Waals surface area contributed by atoms with Gasteiger partial charge < -0.3 is 4.90 Å². The highest BCUT2D eigenvalue weighted by molar-refractivity contribution is 7.12. The highest BCUT2D eigenvalue weighted by Gasteiger charge is 2.22. The van der Waals surface area contributed by atoms with E-state index in [9.17, 15) is 4.79 Å². The predicted molar refractivity (Wildman–Crippen MR) is 107 cm³/mol. The van der Waals surface area contributed by atoms with E-state index < -0.39 is 0 Å². The number of amides is 1. The molecule has 26 heavy (non-hydrogen) atoms. The number of hydrogen-bond acceptors (Lipinski definition) is 3. The molecule has 0 radical (unpaired) electrons. The van der Waals surface area contributed by atoms with E-state index in [1.54, 1.807) is 0 Å². The number of nitrogens with zero attached hydrogens (tertiary/aromatic N) is 2. The third-order valence-corrected chi connectivity index (χ3v) is 5.72. The van der Waals surface area contributed by atoms with E-state index in [2.05, 4.69) is 53.4 Å². The van der Waals surface area contributed by atoms with Crippen molar-refractivity contribution in [3.63, 3.8) is 0 Å². The van der Waals surface area contributed by atoms with Crippen LogP contribution in [0.4, 0.5) is 0 Å². The summed E-state index contributed by atoms with van der Waals surface area (Å²) in [6.07, 6.45) is 0. The molecule has 4 rings (SSSR count). The number of hydrogen-bond donors (Lipinski definition) is 0. The summed E-state index contributed by atoms with van der Waals surface area (Å²) in [6.45, 7) is 4.41. The Morgan fingerprint density at radius 3 is 2.15 bits per heavy atom. The van der Waals surface area contributed by atoms with Crippen LogP contribution in [0, 0.1) is 0 Å². The number of rotatable bonds is 4. The van der Waals surface area contributed by atoms with Crippen LogP contribution in [0.1, 0.15) is 15.2 Å². The number of carbonyl (C=O) groups excluding carboxylic acids is 1. The topological polar surface area (TPSA) is 23.6 Å². The molecule has 0 atom stereocenters. The van der Waals surface area contributed by atoms with Gasteiger partial charge in [0, 0.05) is 32.7 Å². The molecule has 3 aromatic rings. The van der Waals surface area contributed by atoms with Crippen molar-refractivity contribution in [3.05, 3.63) is 82.6 Å². The summed E-state index contributed by atoms with van der Waals surface area (Å²) in [5.41, 5.74) is 3.82. The minimum Gasteiger partial charge on any atom is -0.335 e. The first-order chi connectivity index (χ1) is 12.8. The molecule has 1 saturated heterocycles. The fourth-order valence-corrected chi connectivity index (χ4v) is 4.05. The molecule has 1 amide bonds. The molecule has 0 unspecified atom stereocenters. The van der Waals surface area contributed by atoms with Crippen LogP contribution in [0.5, 0.6) is 0 Å². The number of benzene rings is 2. The zero-order valence-corrected chi connectivity index (χ0v) is 15.5. The summed E-state index contributed by atoms with van der Waals surface area (Å²) in [5.74, 6) is 0.173. The maximum absolute atomic E-state index is 12.4. The maximum atomic E-state index is 12.4. The van der Waals surface area contributed by atoms with Gasteiger partial charge in [0.25, 0.3) is 5.91 Å². The number of carbonyl (C=O) groups is 1. The summed E-state index contributed by atoms with van der Waals surface area (Å²) >= 11 is 1.52. The smallest absolute Gasteiger partial charge is 0.264 e. The summed E-state index contributed by atoms with van der Waals surface area (Å²) in [6, 6.07) is 23.1. The first-order valence-electron chi connectivity index (χ1n) is 8.99. The van der Waals surface area contributed by atoms with E-state index in [4.69, 9.17) is 0 Å². The van der Waals surface area contributed by atoms with Crippen LogP contribution < -0.4 is 0 Å². The molecule has 1 fully saturated rings. The van der Waals surface area contributed by atoms with Crippen molar-refractivity contribution in [1.29, 1.82) is 0 Å². The Kier molecular flexibility index (Phi) is 5.14. The second-order valence-corrected chi connectivity index (χ2v) is 7.56. The van der Waals surface area contributed by atoms with Crippen molar-refractivity contribution in [2.24, 2.45) is 0 Å². The molecule has 0 N–H and O–H groups in total. The van der Waals surface area contributed by atoms with Crippen molar-refractivity contribution in [3.8, 4) is 11.1 Å². The Hall–Kier alpha value is -2.43. The molecular formula is C22H22N2OS. The minimum absolute atomic E-state index is 0.173. The van der Waals surface area contributed by atoms with E-state index >= 15 is 0 Å². The van der Waals surface area contributed by atoms with Gasteiger partial charge in [-0.25, -0.2) is 0 Å². The van der Waals surface area contributed by atoms with Crippen LogP contribution in [-0.2, 0) is 6.54 Å². The van der Waals surface area contributed by atoms with Gasteiger partial charge in [-0.15, -0.1) is 11.3 Å². The molecule has 2 aromatic carbocycles. The normalized spacial score (nSPS) is 15.2. The second-order valence-electron chi connectivity index (χ2n) is 6.61. The Balaban J connectivity index is 1.32. The Morgan fingerprint density at radius 2 is 1.50 bits per heavy atom. The van der Waals surface area contributed by atoms with E-state index in [1.807, 2.05) is 28.5 Å². The molecular weight excluding hydrogens is 340 g/mol. The molecule has 132 valence electrons. The zero-order valence-electron chi connectivity index (χ0n) is 14.7. The summed E-state index contributed by atoms with van der Waals surface area (Å²) in [5, 5.41) is 1.96. The summed E-state index contributed by atoms with van der Waals surface area (Å²) in [4.78, 5) is 17.7. The highest BCUT2D eigenvalue weighted by atomic mass is 32.1. The van der Waals surface area contributed by atoms with Crippen molar-refractivity contribution in [1.82, 2.24) is 9.80 Å². The van der Waals surface area contributed by atoms with Crippen LogP contribution in [0.15, 0.2) is 72.1 Å². The van der Waals surface area contributed by atoms with E-state index in [1.165, 1.54) is 28.0 Å². The maximum Gasteiger partial charge on any atom is 0.264 e. The van der Waals surface area contributed by atoms with Gasteiger partial charge in [-0.05, 0) is 28.1 Å². The second kappa shape index (κ2) is 7.85. The van der Waals surface area contributed by atoms with Crippen molar-refractivity contribution >= 4 is 17.2 Å². The third-order valence-electron chi connectivity index (χ3n) is 4.86. The van der Waals surface area contributed by atoms with Crippen LogP contribution in [0.3, 0.4) is 0 Å². The molecule has 0 saturated carbocycles. The van der Waals surface area contributed by atoms with Crippen molar-refractivity contribution in [2.75, 3.05) is 26.2 Å². The lowest BCUT2D eigenvalue weighted by Gasteiger charge is -2.34. The molecule has 2 heterocycles. The lowest BCUT2D eigenvalue weighted by molar-refractivity contribution is 0.0633. The molecule has 1 aliphatic heterocycles. The van der Waals surface area contributed by atoms with E-state index in [0.29, 0.717) is 0 Å². The summed E-state index contributed by atoms with van der Waals surface area (Å²) in [7, 11) is 0. The average Bonchev–Trinajstić information content (AvgIpc) is 3.24. The van der Waals surface area contributed by atoms with Gasteiger partial charge >= 0.3 is 0 Å². The van der Waals surface area contributed by atoms with Gasteiger partial charge in [-0.3, -0.25) is 9.69 Å². The summed E-state index contributed by atoms with van der Waals surface area (Å²) < 4.78 is 0. The molecule has 1 aromatic heterocycles. The average molecular weight is 362 g/mol. The van der Waals surface area contributed by atoms with Gasteiger partial charge in [0.05, 0.1) is 4.88 Å². The molecule has 3 nitrogen and oxygen atoms in total. The fraction of sp³-hybridized carbons (Fsp3) is 0.227. The lowest BCUT2D eigenvalue weighted by atomic mass is 10.0. The molecule has 1 aliphatic rings. The SMILES string of the molecule is O=C(c1cccs1)N1CCN(Cc2ccc(-c3ccccc3)cc2)CC1. The van der Waals surface area contributed by atoms with Crippen LogP contribution in [0.2, 0.25) is 0 Å². The first kappa shape index (κ1) is 17.0. The van der Waals surface area contributed by atoms with Gasteiger partial charge in [-0.1, -0.05) is 60.7 Å². The van der Waals surface area contributed by atoms with Crippen LogP contribution in [0.25, 0.3) is 11.1 Å². The van der Waals surface area contributed by atoms with Crippen molar-refractivity contribution in [2.45, 2.75) is 6.54 Å². The Labute approximate surface area is 158 Å². The third kappa shape index (κ3) is 3.87. The predicted octanol–water partition coefficient (Wildman–Crippen LogP) is 4.37. The van der Waals surface area contributed by atoms with E-state index in [0.717, 1.165) is 37.6 Å².